The van der Waals surface area contributed by atoms with Crippen molar-refractivity contribution < 1.29 is 30.7 Å². The molecule has 1 atom stereocenters. The lowest BCUT2D eigenvalue weighted by atomic mass is 10.0. The van der Waals surface area contributed by atoms with Crippen molar-refractivity contribution in [2.24, 2.45) is 0 Å². The average Bonchev–Trinajstić information content (AvgIpc) is 2.68. The number of anilines is 1. The first-order valence-corrected chi connectivity index (χ1v) is 11.0. The highest BCUT2D eigenvalue weighted by molar-refractivity contribution is 7.99. The van der Waals surface area contributed by atoms with Gasteiger partial charge in [-0.2, -0.15) is 26.3 Å². The number of hydrogen-bond acceptors (Lipinski definition) is 3. The molecule has 11 heteroatoms. The van der Waals surface area contributed by atoms with Crippen LogP contribution < -0.4 is 4.90 Å². The third-order valence-electron chi connectivity index (χ3n) is 5.15. The molecule has 1 fully saturated rings. The largest absolute Gasteiger partial charge is 0.408 e. The summed E-state index contributed by atoms with van der Waals surface area (Å²) < 4.78 is 93.7. The number of halogens is 8. The first-order chi connectivity index (χ1) is 14.8. The number of piperazine rings is 1. The summed E-state index contributed by atoms with van der Waals surface area (Å²) in [6.45, 7) is 1.73. The van der Waals surface area contributed by atoms with Gasteiger partial charge in [0.05, 0.1) is 11.4 Å². The number of benzene rings is 2. The molecule has 1 saturated heterocycles. The fraction of sp³-hybridized carbons (Fsp3) is 0.429. The van der Waals surface area contributed by atoms with Crippen LogP contribution in [0.5, 0.6) is 0 Å². The first-order valence-electron chi connectivity index (χ1n) is 9.66. The molecular formula is C21H20ClF7N2S. The van der Waals surface area contributed by atoms with E-state index in [1.165, 1.54) is 42.2 Å². The molecule has 0 spiro atoms. The van der Waals surface area contributed by atoms with Crippen LogP contribution >= 0.6 is 23.4 Å². The lowest BCUT2D eigenvalue weighted by Gasteiger charge is -2.41. The standard InChI is InChI=1S/C21H20ClF7N2S/c1-13-10-16(23)17(11-18(13)32-12-20(24,25)26)30-6-8-31(9-7-30)19(21(27,28)29)14-2-4-15(22)5-3-14/h2-5,10-11,19H,6-9,12H2,1H3. The molecule has 2 aromatic carbocycles. The zero-order chi connectivity index (χ0) is 23.7. The van der Waals surface area contributed by atoms with Crippen LogP contribution in [0.4, 0.5) is 36.4 Å². The third kappa shape index (κ3) is 6.23. The zero-order valence-corrected chi connectivity index (χ0v) is 18.5. The van der Waals surface area contributed by atoms with Gasteiger partial charge in [0.2, 0.25) is 0 Å². The van der Waals surface area contributed by atoms with Gasteiger partial charge in [-0.1, -0.05) is 23.7 Å². The maximum Gasteiger partial charge on any atom is 0.408 e. The van der Waals surface area contributed by atoms with E-state index in [0.29, 0.717) is 22.3 Å². The van der Waals surface area contributed by atoms with Gasteiger partial charge in [-0.25, -0.2) is 4.39 Å². The normalized spacial score (nSPS) is 17.0. The number of aryl methyl sites for hydroxylation is 1. The van der Waals surface area contributed by atoms with E-state index in [1.54, 1.807) is 4.90 Å². The van der Waals surface area contributed by atoms with Gasteiger partial charge in [-0.3, -0.25) is 4.90 Å². The maximum atomic E-state index is 14.6. The summed E-state index contributed by atoms with van der Waals surface area (Å²) in [5, 5.41) is 0.327. The Morgan fingerprint density at radius 3 is 2.09 bits per heavy atom. The van der Waals surface area contributed by atoms with Crippen molar-refractivity contribution in [1.29, 1.82) is 0 Å². The molecule has 0 bridgehead atoms. The number of thioether (sulfide) groups is 1. The molecule has 176 valence electrons. The highest BCUT2D eigenvalue weighted by Gasteiger charge is 2.45. The van der Waals surface area contributed by atoms with Gasteiger partial charge in [0, 0.05) is 36.1 Å². The summed E-state index contributed by atoms with van der Waals surface area (Å²) in [5.41, 5.74) is 0.525. The summed E-state index contributed by atoms with van der Waals surface area (Å²) in [5.74, 6) is -1.72. The Bertz CT molecular complexity index is 923. The molecule has 1 heterocycles. The number of rotatable bonds is 5. The van der Waals surface area contributed by atoms with Crippen molar-refractivity contribution >= 4 is 29.1 Å². The van der Waals surface area contributed by atoms with Gasteiger partial charge in [0.1, 0.15) is 11.9 Å². The molecule has 0 amide bonds. The fourth-order valence-electron chi connectivity index (χ4n) is 3.67. The van der Waals surface area contributed by atoms with Crippen molar-refractivity contribution in [3.63, 3.8) is 0 Å². The minimum Gasteiger partial charge on any atom is -0.367 e. The van der Waals surface area contributed by atoms with Gasteiger partial charge >= 0.3 is 12.4 Å². The Balaban J connectivity index is 1.76. The Morgan fingerprint density at radius 1 is 0.969 bits per heavy atom. The lowest BCUT2D eigenvalue weighted by molar-refractivity contribution is -0.187. The molecular weight excluding hydrogens is 481 g/mol. The topological polar surface area (TPSA) is 6.48 Å². The third-order valence-corrected chi connectivity index (χ3v) is 6.63. The van der Waals surface area contributed by atoms with Gasteiger partial charge < -0.3 is 4.90 Å². The second kappa shape index (κ2) is 9.69. The number of alkyl halides is 6. The average molecular weight is 501 g/mol. The molecule has 3 rings (SSSR count). The highest BCUT2D eigenvalue weighted by atomic mass is 35.5. The Morgan fingerprint density at radius 2 is 1.56 bits per heavy atom. The maximum absolute atomic E-state index is 14.6. The Kier molecular flexibility index (Phi) is 7.56. The SMILES string of the molecule is Cc1cc(F)c(N2CCN(C(c3ccc(Cl)cc3)C(F)(F)F)CC2)cc1SCC(F)(F)F. The van der Waals surface area contributed by atoms with Crippen LogP contribution in [-0.2, 0) is 0 Å². The van der Waals surface area contributed by atoms with Crippen molar-refractivity contribution in [3.05, 3.63) is 58.4 Å². The van der Waals surface area contributed by atoms with Crippen LogP contribution in [0.2, 0.25) is 5.02 Å². The summed E-state index contributed by atoms with van der Waals surface area (Å²) in [6.07, 6.45) is -8.89. The van der Waals surface area contributed by atoms with Crippen LogP contribution in [0.25, 0.3) is 0 Å². The first kappa shape index (κ1) is 25.0. The van der Waals surface area contributed by atoms with Crippen LogP contribution in [0.3, 0.4) is 0 Å². The van der Waals surface area contributed by atoms with Crippen molar-refractivity contribution in [1.82, 2.24) is 4.90 Å². The minimum atomic E-state index is -4.52. The Hall–Kier alpha value is -1.65. The fourth-order valence-corrected chi connectivity index (χ4v) is 4.60. The predicted molar refractivity (Wildman–Crippen MR) is 112 cm³/mol. The van der Waals surface area contributed by atoms with Gasteiger partial charge in [-0.15, -0.1) is 11.8 Å². The molecule has 1 aliphatic rings. The molecule has 0 radical (unpaired) electrons. The molecule has 32 heavy (non-hydrogen) atoms. The molecule has 0 saturated carbocycles. The molecule has 1 unspecified atom stereocenters. The van der Waals surface area contributed by atoms with E-state index >= 15 is 0 Å². The van der Waals surface area contributed by atoms with E-state index in [0.717, 1.165) is 6.07 Å². The van der Waals surface area contributed by atoms with Crippen LogP contribution in [-0.4, -0.2) is 49.2 Å². The van der Waals surface area contributed by atoms with E-state index in [4.69, 9.17) is 11.6 Å². The van der Waals surface area contributed by atoms with Crippen LogP contribution in [0, 0.1) is 12.7 Å². The van der Waals surface area contributed by atoms with Crippen molar-refractivity contribution in [3.8, 4) is 0 Å². The van der Waals surface area contributed by atoms with Gasteiger partial charge in [0.25, 0.3) is 0 Å². The molecule has 2 nitrogen and oxygen atoms in total. The zero-order valence-electron chi connectivity index (χ0n) is 16.9. The van der Waals surface area contributed by atoms with Gasteiger partial charge in [-0.05, 0) is 42.3 Å². The van der Waals surface area contributed by atoms with E-state index in [9.17, 15) is 30.7 Å². The van der Waals surface area contributed by atoms with E-state index in [1.807, 2.05) is 0 Å². The van der Waals surface area contributed by atoms with Crippen molar-refractivity contribution in [2.45, 2.75) is 30.2 Å². The van der Waals surface area contributed by atoms with Crippen LogP contribution in [0.15, 0.2) is 41.3 Å². The molecule has 1 aliphatic heterocycles. The summed E-state index contributed by atoms with van der Waals surface area (Å²) in [7, 11) is 0. The number of hydrogen-bond donors (Lipinski definition) is 0. The van der Waals surface area contributed by atoms with Gasteiger partial charge in [0.15, 0.2) is 0 Å². The quantitative estimate of drug-likeness (QED) is 0.327. The lowest BCUT2D eigenvalue weighted by Crippen LogP contribution is -2.51. The second-order valence-electron chi connectivity index (χ2n) is 7.49. The summed E-state index contributed by atoms with van der Waals surface area (Å²) >= 11 is 6.35. The molecule has 0 aliphatic carbocycles. The minimum absolute atomic E-state index is 0.00511. The molecule has 0 N–H and O–H groups in total. The predicted octanol–water partition coefficient (Wildman–Crippen LogP) is 6.87. The Labute approximate surface area is 190 Å². The van der Waals surface area contributed by atoms with E-state index in [2.05, 4.69) is 0 Å². The van der Waals surface area contributed by atoms with Crippen molar-refractivity contribution in [2.75, 3.05) is 36.8 Å². The monoisotopic (exact) mass is 500 g/mol. The molecule has 2 aromatic rings. The van der Waals surface area contributed by atoms with Crippen LogP contribution in [0.1, 0.15) is 17.2 Å². The smallest absolute Gasteiger partial charge is 0.367 e. The molecule has 0 aromatic heterocycles. The second-order valence-corrected chi connectivity index (χ2v) is 8.95. The van der Waals surface area contributed by atoms with E-state index < -0.39 is 30.0 Å². The van der Waals surface area contributed by atoms with E-state index in [-0.39, 0.29) is 42.3 Å². The highest BCUT2D eigenvalue weighted by Crippen LogP contribution is 2.39. The summed E-state index contributed by atoms with van der Waals surface area (Å²) in [6, 6.07) is 6.13. The number of nitrogens with zero attached hydrogens (tertiary/aromatic N) is 2. The summed E-state index contributed by atoms with van der Waals surface area (Å²) in [4.78, 5) is 3.12.